The number of rotatable bonds is 4. The molecule has 5 nitrogen and oxygen atoms in total. The Morgan fingerprint density at radius 3 is 2.81 bits per heavy atom. The van der Waals surface area contributed by atoms with Gasteiger partial charge in [-0.3, -0.25) is 0 Å². The molecule has 1 heterocycles. The molecule has 0 fully saturated rings. The number of hydrogen-bond donors (Lipinski definition) is 0. The van der Waals surface area contributed by atoms with E-state index in [0.717, 1.165) is 12.2 Å². The van der Waals surface area contributed by atoms with Gasteiger partial charge in [0.15, 0.2) is 0 Å². The van der Waals surface area contributed by atoms with E-state index in [9.17, 15) is 13.6 Å². The molecular weight excluding hydrogens is 222 g/mol. The molecule has 1 rings (SSSR count). The number of carbonyl (C=O) groups is 1. The van der Waals surface area contributed by atoms with Gasteiger partial charge in [-0.25, -0.2) is 4.79 Å². The van der Waals surface area contributed by atoms with Crippen LogP contribution in [0.3, 0.4) is 0 Å². The lowest BCUT2D eigenvalue weighted by molar-refractivity contribution is -0.137. The molecule has 0 atom stereocenters. The summed E-state index contributed by atoms with van der Waals surface area (Å²) in [4.78, 5) is 14.3. The van der Waals surface area contributed by atoms with E-state index >= 15 is 0 Å². The minimum Gasteiger partial charge on any atom is -0.463 e. The first-order valence-electron chi connectivity index (χ1n) is 4.50. The SMILES string of the molecule is CCOC(=O)/C=C/c1nc(C(C)(F)F)no1. The van der Waals surface area contributed by atoms with E-state index in [1.807, 2.05) is 0 Å². The van der Waals surface area contributed by atoms with Crippen LogP contribution in [-0.2, 0) is 15.5 Å². The molecular formula is C9H10F2N2O3. The predicted octanol–water partition coefficient (Wildman–Crippen LogP) is 1.76. The van der Waals surface area contributed by atoms with Crippen molar-refractivity contribution in [2.45, 2.75) is 19.8 Å². The third kappa shape index (κ3) is 3.41. The van der Waals surface area contributed by atoms with Gasteiger partial charge in [-0.1, -0.05) is 5.16 Å². The van der Waals surface area contributed by atoms with Gasteiger partial charge in [-0.2, -0.15) is 13.8 Å². The molecule has 0 aliphatic carbocycles. The van der Waals surface area contributed by atoms with Crippen molar-refractivity contribution in [1.82, 2.24) is 10.1 Å². The molecule has 0 bridgehead atoms. The molecule has 0 amide bonds. The Bertz CT molecular complexity index is 396. The summed E-state index contributed by atoms with van der Waals surface area (Å²) in [6.45, 7) is 2.52. The summed E-state index contributed by atoms with van der Waals surface area (Å²) in [5, 5.41) is 3.07. The van der Waals surface area contributed by atoms with Crippen molar-refractivity contribution in [3.05, 3.63) is 17.8 Å². The monoisotopic (exact) mass is 232 g/mol. The number of halogens is 2. The van der Waals surface area contributed by atoms with Crippen LogP contribution in [0.25, 0.3) is 6.08 Å². The first kappa shape index (κ1) is 12.3. The number of carbonyl (C=O) groups excluding carboxylic acids is 1. The maximum atomic E-state index is 12.7. The Balaban J connectivity index is 2.69. The minimum absolute atomic E-state index is 0.176. The maximum absolute atomic E-state index is 12.7. The smallest absolute Gasteiger partial charge is 0.330 e. The molecule has 0 saturated carbocycles. The number of aromatic nitrogens is 2. The van der Waals surface area contributed by atoms with Crippen molar-refractivity contribution in [3.8, 4) is 0 Å². The third-order valence-electron chi connectivity index (χ3n) is 1.48. The fourth-order valence-corrected chi connectivity index (χ4v) is 0.811. The molecule has 1 aromatic heterocycles. The Morgan fingerprint density at radius 1 is 1.62 bits per heavy atom. The summed E-state index contributed by atoms with van der Waals surface area (Å²) < 4.78 is 34.4. The second-order valence-electron chi connectivity index (χ2n) is 2.93. The summed E-state index contributed by atoms with van der Waals surface area (Å²) in [5.74, 6) is -4.68. The standard InChI is InChI=1S/C9H10F2N2O3/c1-3-15-7(14)5-4-6-12-8(13-16-6)9(2,10)11/h4-5H,3H2,1-2H3/b5-4+. The molecule has 88 valence electrons. The molecule has 7 heteroatoms. The fourth-order valence-electron chi connectivity index (χ4n) is 0.811. The average molecular weight is 232 g/mol. The van der Waals surface area contributed by atoms with E-state index in [4.69, 9.17) is 0 Å². The first-order chi connectivity index (χ1) is 7.43. The van der Waals surface area contributed by atoms with E-state index in [-0.39, 0.29) is 12.5 Å². The number of hydrogen-bond acceptors (Lipinski definition) is 5. The summed E-state index contributed by atoms with van der Waals surface area (Å²) >= 11 is 0. The van der Waals surface area contributed by atoms with Crippen LogP contribution in [0.15, 0.2) is 10.6 Å². The Labute approximate surface area is 90.1 Å². The highest BCUT2D eigenvalue weighted by Gasteiger charge is 2.30. The van der Waals surface area contributed by atoms with Gasteiger partial charge >= 0.3 is 11.9 Å². The lowest BCUT2D eigenvalue weighted by Crippen LogP contribution is -2.09. The van der Waals surface area contributed by atoms with Gasteiger partial charge in [0.1, 0.15) is 0 Å². The maximum Gasteiger partial charge on any atom is 0.330 e. The highest BCUT2D eigenvalue weighted by Crippen LogP contribution is 2.23. The van der Waals surface area contributed by atoms with Gasteiger partial charge in [-0.15, -0.1) is 0 Å². The Morgan fingerprint density at radius 2 is 2.31 bits per heavy atom. The van der Waals surface area contributed by atoms with Crippen LogP contribution >= 0.6 is 0 Å². The lowest BCUT2D eigenvalue weighted by Gasteiger charge is -2.00. The summed E-state index contributed by atoms with van der Waals surface area (Å²) in [7, 11) is 0. The number of esters is 1. The van der Waals surface area contributed by atoms with Crippen molar-refractivity contribution in [2.24, 2.45) is 0 Å². The summed E-state index contributed by atoms with van der Waals surface area (Å²) in [5.41, 5.74) is 0. The topological polar surface area (TPSA) is 65.2 Å². The molecule has 1 aromatic rings. The third-order valence-corrected chi connectivity index (χ3v) is 1.48. The zero-order chi connectivity index (χ0) is 12.2. The van der Waals surface area contributed by atoms with E-state index < -0.39 is 17.7 Å². The normalized spacial score (nSPS) is 12.0. The van der Waals surface area contributed by atoms with Crippen molar-refractivity contribution >= 4 is 12.0 Å². The highest BCUT2D eigenvalue weighted by molar-refractivity contribution is 5.86. The van der Waals surface area contributed by atoms with Crippen LogP contribution in [0.4, 0.5) is 8.78 Å². The number of nitrogens with zero attached hydrogens (tertiary/aromatic N) is 2. The quantitative estimate of drug-likeness (QED) is 0.584. The van der Waals surface area contributed by atoms with E-state index in [0.29, 0.717) is 6.92 Å². The minimum atomic E-state index is -3.17. The van der Waals surface area contributed by atoms with Crippen LogP contribution in [0, 0.1) is 0 Å². The molecule has 0 aromatic carbocycles. The van der Waals surface area contributed by atoms with Gasteiger partial charge < -0.3 is 9.26 Å². The van der Waals surface area contributed by atoms with Crippen LogP contribution < -0.4 is 0 Å². The first-order valence-corrected chi connectivity index (χ1v) is 4.50. The van der Waals surface area contributed by atoms with Gasteiger partial charge in [-0.05, 0) is 6.92 Å². The highest BCUT2D eigenvalue weighted by atomic mass is 19.3. The van der Waals surface area contributed by atoms with Crippen LogP contribution in [0.5, 0.6) is 0 Å². The Hall–Kier alpha value is -1.79. The average Bonchev–Trinajstić information content (AvgIpc) is 2.63. The van der Waals surface area contributed by atoms with E-state index in [2.05, 4.69) is 19.4 Å². The van der Waals surface area contributed by atoms with Crippen molar-refractivity contribution in [1.29, 1.82) is 0 Å². The number of ether oxygens (including phenoxy) is 1. The van der Waals surface area contributed by atoms with Crippen molar-refractivity contribution in [3.63, 3.8) is 0 Å². The molecule has 16 heavy (non-hydrogen) atoms. The van der Waals surface area contributed by atoms with Gasteiger partial charge in [0, 0.05) is 19.1 Å². The van der Waals surface area contributed by atoms with E-state index in [1.54, 1.807) is 6.92 Å². The molecule has 0 N–H and O–H groups in total. The second-order valence-corrected chi connectivity index (χ2v) is 2.93. The van der Waals surface area contributed by atoms with Crippen molar-refractivity contribution in [2.75, 3.05) is 6.61 Å². The predicted molar refractivity (Wildman–Crippen MR) is 49.5 cm³/mol. The van der Waals surface area contributed by atoms with E-state index in [1.165, 1.54) is 0 Å². The fraction of sp³-hybridized carbons (Fsp3) is 0.444. The summed E-state index contributed by atoms with van der Waals surface area (Å²) in [6.07, 6.45) is 2.13. The molecule has 0 unspecified atom stereocenters. The van der Waals surface area contributed by atoms with Crippen molar-refractivity contribution < 1.29 is 22.8 Å². The summed E-state index contributed by atoms with van der Waals surface area (Å²) in [6, 6.07) is 0. The molecule has 0 radical (unpaired) electrons. The molecule has 0 aliphatic rings. The van der Waals surface area contributed by atoms with Crippen LogP contribution in [-0.4, -0.2) is 22.7 Å². The zero-order valence-corrected chi connectivity index (χ0v) is 8.74. The van der Waals surface area contributed by atoms with Crippen LogP contribution in [0.1, 0.15) is 25.6 Å². The van der Waals surface area contributed by atoms with Gasteiger partial charge in [0.05, 0.1) is 6.61 Å². The van der Waals surface area contributed by atoms with Gasteiger partial charge in [0.25, 0.3) is 5.89 Å². The number of alkyl halides is 2. The second kappa shape index (κ2) is 4.82. The Kier molecular flexibility index (Phi) is 3.70. The molecule has 0 spiro atoms. The molecule has 0 saturated heterocycles. The van der Waals surface area contributed by atoms with Gasteiger partial charge in [0.2, 0.25) is 5.82 Å². The molecule has 0 aliphatic heterocycles. The zero-order valence-electron chi connectivity index (χ0n) is 8.74. The lowest BCUT2D eigenvalue weighted by atomic mass is 10.4. The largest absolute Gasteiger partial charge is 0.463 e. The van der Waals surface area contributed by atoms with Crippen LogP contribution in [0.2, 0.25) is 0 Å².